The van der Waals surface area contributed by atoms with E-state index < -0.39 is 5.97 Å². The summed E-state index contributed by atoms with van der Waals surface area (Å²) >= 11 is 0. The number of hydrogen-bond donors (Lipinski definition) is 1. The van der Waals surface area contributed by atoms with Gasteiger partial charge < -0.3 is 24.3 Å². The van der Waals surface area contributed by atoms with Crippen molar-refractivity contribution in [2.45, 2.75) is 6.54 Å². The zero-order valence-corrected chi connectivity index (χ0v) is 14.8. The highest BCUT2D eigenvalue weighted by Gasteiger charge is 2.12. The molecule has 0 spiro atoms. The lowest BCUT2D eigenvalue weighted by atomic mass is 10.2. The van der Waals surface area contributed by atoms with E-state index in [1.807, 2.05) is 24.3 Å². The van der Waals surface area contributed by atoms with Crippen molar-refractivity contribution in [2.24, 2.45) is 0 Å². The lowest BCUT2D eigenvalue weighted by Gasteiger charge is -2.07. The third-order valence-corrected chi connectivity index (χ3v) is 3.78. The average molecular weight is 369 g/mol. The fourth-order valence-corrected chi connectivity index (χ4v) is 2.40. The third-order valence-electron chi connectivity index (χ3n) is 3.78. The summed E-state index contributed by atoms with van der Waals surface area (Å²) in [7, 11) is 1.58. The zero-order valence-electron chi connectivity index (χ0n) is 14.8. The maximum absolute atomic E-state index is 11.8. The largest absolute Gasteiger partial charge is 0.497 e. The highest BCUT2D eigenvalue weighted by molar-refractivity contribution is 5.89. The molecule has 1 amide bonds. The Kier molecular flexibility index (Phi) is 5.94. The lowest BCUT2D eigenvalue weighted by molar-refractivity contribution is -0.143. The molecule has 2 aromatic rings. The van der Waals surface area contributed by atoms with E-state index >= 15 is 0 Å². The second-order valence-electron chi connectivity index (χ2n) is 5.68. The van der Waals surface area contributed by atoms with Gasteiger partial charge in [0.25, 0.3) is 5.91 Å². The predicted octanol–water partition coefficient (Wildman–Crippen LogP) is 2.30. The van der Waals surface area contributed by atoms with Gasteiger partial charge in [-0.3, -0.25) is 4.79 Å². The molecule has 0 aromatic heterocycles. The number of nitrogens with one attached hydrogen (secondary N) is 1. The van der Waals surface area contributed by atoms with Crippen molar-refractivity contribution in [1.82, 2.24) is 5.32 Å². The lowest BCUT2D eigenvalue weighted by Crippen LogP contribution is -2.28. The van der Waals surface area contributed by atoms with Crippen molar-refractivity contribution in [3.8, 4) is 17.2 Å². The highest BCUT2D eigenvalue weighted by Crippen LogP contribution is 2.32. The van der Waals surface area contributed by atoms with Crippen LogP contribution < -0.4 is 19.5 Å². The number of ether oxygens (including phenoxy) is 4. The van der Waals surface area contributed by atoms with E-state index in [1.54, 1.807) is 31.4 Å². The molecule has 2 aromatic carbocycles. The van der Waals surface area contributed by atoms with E-state index in [2.05, 4.69) is 5.32 Å². The van der Waals surface area contributed by atoms with Gasteiger partial charge in [-0.1, -0.05) is 18.2 Å². The second kappa shape index (κ2) is 8.75. The first-order valence-electron chi connectivity index (χ1n) is 8.28. The number of fused-ring (bicyclic) bond motifs is 1. The Hall–Kier alpha value is -3.48. The summed E-state index contributed by atoms with van der Waals surface area (Å²) in [5.41, 5.74) is 1.65. The number of hydrogen-bond acceptors (Lipinski definition) is 6. The SMILES string of the molecule is COc1cccc(CNC(=O)COC(=O)/C=C/c2ccc3c(c2)OCO3)c1. The van der Waals surface area contributed by atoms with Gasteiger partial charge in [0.15, 0.2) is 18.1 Å². The Labute approximate surface area is 156 Å². The summed E-state index contributed by atoms with van der Waals surface area (Å²) in [5.74, 6) is 1.01. The van der Waals surface area contributed by atoms with Gasteiger partial charge in [-0.05, 0) is 41.5 Å². The molecule has 0 atom stereocenters. The fraction of sp³-hybridized carbons (Fsp3) is 0.200. The number of esters is 1. The van der Waals surface area contributed by atoms with Crippen LogP contribution in [-0.2, 0) is 20.9 Å². The fourth-order valence-electron chi connectivity index (χ4n) is 2.40. The van der Waals surface area contributed by atoms with Crippen LogP contribution in [-0.4, -0.2) is 32.4 Å². The molecule has 7 heteroatoms. The van der Waals surface area contributed by atoms with Gasteiger partial charge in [0, 0.05) is 12.6 Å². The summed E-state index contributed by atoms with van der Waals surface area (Å²) < 4.78 is 20.5. The van der Waals surface area contributed by atoms with Gasteiger partial charge in [-0.2, -0.15) is 0 Å². The number of carbonyl (C=O) groups is 2. The zero-order chi connectivity index (χ0) is 19.1. The minimum absolute atomic E-state index is 0.190. The number of carbonyl (C=O) groups excluding carboxylic acids is 2. The van der Waals surface area contributed by atoms with Crippen LogP contribution in [0.5, 0.6) is 17.2 Å². The molecule has 27 heavy (non-hydrogen) atoms. The Bertz CT molecular complexity index is 861. The predicted molar refractivity (Wildman–Crippen MR) is 97.4 cm³/mol. The highest BCUT2D eigenvalue weighted by atomic mass is 16.7. The van der Waals surface area contributed by atoms with Crippen LogP contribution in [0, 0.1) is 0 Å². The standard InChI is InChI=1S/C20H19NO6/c1-24-16-4-2-3-15(9-16)11-21-19(22)12-25-20(23)8-6-14-5-7-17-18(10-14)27-13-26-17/h2-10H,11-13H2,1H3,(H,21,22)/b8-6+. The second-order valence-corrected chi connectivity index (χ2v) is 5.68. The van der Waals surface area contributed by atoms with E-state index in [-0.39, 0.29) is 19.3 Å². The Morgan fingerprint density at radius 3 is 2.85 bits per heavy atom. The minimum atomic E-state index is -0.607. The smallest absolute Gasteiger partial charge is 0.331 e. The van der Waals surface area contributed by atoms with Gasteiger partial charge in [-0.25, -0.2) is 4.79 Å². The van der Waals surface area contributed by atoms with Crippen molar-refractivity contribution >= 4 is 18.0 Å². The topological polar surface area (TPSA) is 83.1 Å². The first kappa shape index (κ1) is 18.3. The molecule has 0 unspecified atom stereocenters. The summed E-state index contributed by atoms with van der Waals surface area (Å²) in [6.07, 6.45) is 2.84. The summed E-state index contributed by atoms with van der Waals surface area (Å²) in [6, 6.07) is 12.6. The van der Waals surface area contributed by atoms with Crippen molar-refractivity contribution in [1.29, 1.82) is 0 Å². The van der Waals surface area contributed by atoms with E-state index in [0.717, 1.165) is 11.1 Å². The molecule has 0 saturated carbocycles. The molecule has 0 aliphatic carbocycles. The minimum Gasteiger partial charge on any atom is -0.497 e. The van der Waals surface area contributed by atoms with Crippen LogP contribution >= 0.6 is 0 Å². The summed E-state index contributed by atoms with van der Waals surface area (Å²) in [6.45, 7) is 0.157. The van der Waals surface area contributed by atoms with E-state index in [1.165, 1.54) is 6.08 Å². The van der Waals surface area contributed by atoms with Crippen LogP contribution in [0.4, 0.5) is 0 Å². The van der Waals surface area contributed by atoms with Crippen LogP contribution in [0.1, 0.15) is 11.1 Å². The molecule has 140 valence electrons. The first-order valence-corrected chi connectivity index (χ1v) is 8.28. The van der Waals surface area contributed by atoms with Crippen molar-refractivity contribution in [3.63, 3.8) is 0 Å². The molecule has 3 rings (SSSR count). The molecule has 1 aliphatic heterocycles. The third kappa shape index (κ3) is 5.24. The van der Waals surface area contributed by atoms with Gasteiger partial charge in [0.1, 0.15) is 5.75 Å². The molecular formula is C20H19NO6. The molecule has 1 N–H and O–H groups in total. The van der Waals surface area contributed by atoms with Crippen LogP contribution in [0.3, 0.4) is 0 Å². The summed E-state index contributed by atoms with van der Waals surface area (Å²) in [5, 5.41) is 2.68. The molecule has 0 bridgehead atoms. The maximum atomic E-state index is 11.8. The molecule has 1 aliphatic rings. The molecular weight excluding hydrogens is 350 g/mol. The first-order chi connectivity index (χ1) is 13.1. The van der Waals surface area contributed by atoms with E-state index in [9.17, 15) is 9.59 Å². The van der Waals surface area contributed by atoms with Crippen LogP contribution in [0.25, 0.3) is 6.08 Å². The molecule has 1 heterocycles. The molecule has 0 radical (unpaired) electrons. The molecule has 0 fully saturated rings. The Morgan fingerprint density at radius 2 is 2.00 bits per heavy atom. The van der Waals surface area contributed by atoms with E-state index in [0.29, 0.717) is 23.8 Å². The van der Waals surface area contributed by atoms with Gasteiger partial charge in [-0.15, -0.1) is 0 Å². The maximum Gasteiger partial charge on any atom is 0.331 e. The van der Waals surface area contributed by atoms with Gasteiger partial charge in [0.05, 0.1) is 7.11 Å². The van der Waals surface area contributed by atoms with Crippen LogP contribution in [0.2, 0.25) is 0 Å². The number of methoxy groups -OCH3 is 1. The van der Waals surface area contributed by atoms with Crippen molar-refractivity contribution in [3.05, 3.63) is 59.7 Å². The Morgan fingerprint density at radius 1 is 1.15 bits per heavy atom. The average Bonchev–Trinajstić information content (AvgIpc) is 3.17. The Balaban J connectivity index is 1.42. The van der Waals surface area contributed by atoms with Gasteiger partial charge >= 0.3 is 5.97 Å². The number of amides is 1. The summed E-state index contributed by atoms with van der Waals surface area (Å²) in [4.78, 5) is 23.6. The van der Waals surface area contributed by atoms with Gasteiger partial charge in [0.2, 0.25) is 6.79 Å². The quantitative estimate of drug-likeness (QED) is 0.596. The molecule has 7 nitrogen and oxygen atoms in total. The van der Waals surface area contributed by atoms with E-state index in [4.69, 9.17) is 18.9 Å². The van der Waals surface area contributed by atoms with Crippen LogP contribution in [0.15, 0.2) is 48.5 Å². The number of benzene rings is 2. The molecule has 0 saturated heterocycles. The monoisotopic (exact) mass is 369 g/mol. The normalized spacial score (nSPS) is 12.0. The number of rotatable bonds is 7. The van der Waals surface area contributed by atoms with Crippen molar-refractivity contribution in [2.75, 3.05) is 20.5 Å². The van der Waals surface area contributed by atoms with Crippen molar-refractivity contribution < 1.29 is 28.5 Å².